The first-order valence-corrected chi connectivity index (χ1v) is 10.00. The lowest BCUT2D eigenvalue weighted by Gasteiger charge is -2.27. The Morgan fingerprint density at radius 2 is 1.89 bits per heavy atom. The molecule has 144 valence electrons. The van der Waals surface area contributed by atoms with E-state index in [2.05, 4.69) is 41.4 Å². The summed E-state index contributed by atoms with van der Waals surface area (Å²) in [5.74, 6) is 0.944. The quantitative estimate of drug-likeness (QED) is 0.763. The number of piperazine rings is 1. The van der Waals surface area contributed by atoms with E-state index in [1.807, 2.05) is 6.07 Å². The molecule has 3 heterocycles. The first-order chi connectivity index (χ1) is 13.3. The van der Waals surface area contributed by atoms with E-state index < -0.39 is 0 Å². The topological polar surface area (TPSA) is 46.6 Å². The molecule has 5 heteroatoms. The van der Waals surface area contributed by atoms with E-state index in [-0.39, 0.29) is 0 Å². The first kappa shape index (κ1) is 18.4. The predicted octanol–water partition coefficient (Wildman–Crippen LogP) is 2.69. The van der Waals surface area contributed by atoms with Crippen LogP contribution in [-0.2, 0) is 24.4 Å². The second-order valence-corrected chi connectivity index (χ2v) is 7.38. The average molecular weight is 367 g/mol. The van der Waals surface area contributed by atoms with Crippen LogP contribution in [0.15, 0.2) is 30.3 Å². The van der Waals surface area contributed by atoms with Crippen molar-refractivity contribution in [1.82, 2.24) is 15.2 Å². The minimum Gasteiger partial charge on any atom is -0.491 e. The SMILES string of the molecule is Cc1nc(Cc2ccccc2)c2c(c1OCCCN1CCNCC1)COC2. The number of fused-ring (bicyclic) bond motifs is 1. The zero-order valence-electron chi connectivity index (χ0n) is 16.2. The second-order valence-electron chi connectivity index (χ2n) is 7.38. The third-order valence-electron chi connectivity index (χ3n) is 5.40. The van der Waals surface area contributed by atoms with Crippen LogP contribution in [0.1, 0.15) is 34.5 Å². The van der Waals surface area contributed by atoms with Crippen LogP contribution in [0.5, 0.6) is 5.75 Å². The minimum atomic E-state index is 0.633. The van der Waals surface area contributed by atoms with Gasteiger partial charge in [-0.25, -0.2) is 0 Å². The van der Waals surface area contributed by atoms with Gasteiger partial charge >= 0.3 is 0 Å². The summed E-state index contributed by atoms with van der Waals surface area (Å²) in [5, 5.41) is 3.39. The molecule has 0 unspecified atom stereocenters. The lowest BCUT2D eigenvalue weighted by molar-refractivity contribution is 0.132. The largest absolute Gasteiger partial charge is 0.491 e. The Morgan fingerprint density at radius 3 is 2.70 bits per heavy atom. The first-order valence-electron chi connectivity index (χ1n) is 10.00. The molecule has 2 aliphatic heterocycles. The van der Waals surface area contributed by atoms with Gasteiger partial charge in [0.1, 0.15) is 5.75 Å². The molecule has 1 saturated heterocycles. The monoisotopic (exact) mass is 367 g/mol. The number of pyridine rings is 1. The molecule has 5 nitrogen and oxygen atoms in total. The van der Waals surface area contributed by atoms with Crippen molar-refractivity contribution in [2.75, 3.05) is 39.3 Å². The normalized spacial score (nSPS) is 17.1. The molecule has 1 aromatic heterocycles. The summed E-state index contributed by atoms with van der Waals surface area (Å²) in [6.07, 6.45) is 1.89. The van der Waals surface area contributed by atoms with Crippen molar-refractivity contribution >= 4 is 0 Å². The van der Waals surface area contributed by atoms with Gasteiger partial charge in [0, 0.05) is 50.3 Å². The van der Waals surface area contributed by atoms with Gasteiger partial charge < -0.3 is 19.7 Å². The molecule has 0 atom stereocenters. The number of hydrogen-bond donors (Lipinski definition) is 1. The van der Waals surface area contributed by atoms with Crippen LogP contribution in [0, 0.1) is 6.92 Å². The summed E-state index contributed by atoms with van der Waals surface area (Å²) in [6, 6.07) is 10.5. The minimum absolute atomic E-state index is 0.633. The van der Waals surface area contributed by atoms with Crippen LogP contribution < -0.4 is 10.1 Å². The van der Waals surface area contributed by atoms with Gasteiger partial charge in [-0.3, -0.25) is 4.98 Å². The molecule has 0 amide bonds. The summed E-state index contributed by atoms with van der Waals surface area (Å²) < 4.78 is 11.9. The fourth-order valence-corrected chi connectivity index (χ4v) is 3.95. The molecule has 4 rings (SSSR count). The molecule has 1 fully saturated rings. The zero-order valence-corrected chi connectivity index (χ0v) is 16.2. The number of rotatable bonds is 7. The highest BCUT2D eigenvalue weighted by Gasteiger charge is 2.24. The van der Waals surface area contributed by atoms with Gasteiger partial charge in [0.2, 0.25) is 0 Å². The smallest absolute Gasteiger partial charge is 0.146 e. The van der Waals surface area contributed by atoms with Crippen molar-refractivity contribution in [1.29, 1.82) is 0 Å². The number of benzene rings is 1. The molecule has 0 spiro atoms. The maximum Gasteiger partial charge on any atom is 0.146 e. The fourth-order valence-electron chi connectivity index (χ4n) is 3.95. The highest BCUT2D eigenvalue weighted by atomic mass is 16.5. The van der Waals surface area contributed by atoms with Gasteiger partial charge in [0.05, 0.1) is 31.2 Å². The molecule has 27 heavy (non-hydrogen) atoms. The van der Waals surface area contributed by atoms with Gasteiger partial charge in [-0.05, 0) is 18.9 Å². The third-order valence-corrected chi connectivity index (χ3v) is 5.40. The van der Waals surface area contributed by atoms with Crippen LogP contribution in [0.4, 0.5) is 0 Å². The van der Waals surface area contributed by atoms with Gasteiger partial charge in [-0.2, -0.15) is 0 Å². The Kier molecular flexibility index (Phi) is 6.02. The van der Waals surface area contributed by atoms with Crippen molar-refractivity contribution in [2.24, 2.45) is 0 Å². The van der Waals surface area contributed by atoms with Crippen LogP contribution in [-0.4, -0.2) is 49.2 Å². The number of ether oxygens (including phenoxy) is 2. The molecule has 0 radical (unpaired) electrons. The molecular weight excluding hydrogens is 338 g/mol. The molecule has 1 aromatic carbocycles. The molecule has 2 aliphatic rings. The van der Waals surface area contributed by atoms with E-state index in [1.54, 1.807) is 0 Å². The van der Waals surface area contributed by atoms with Crippen molar-refractivity contribution in [2.45, 2.75) is 33.0 Å². The van der Waals surface area contributed by atoms with E-state index in [9.17, 15) is 0 Å². The number of nitrogens with one attached hydrogen (secondary N) is 1. The second kappa shape index (κ2) is 8.83. The molecule has 0 aliphatic carbocycles. The summed E-state index contributed by atoms with van der Waals surface area (Å²) in [7, 11) is 0. The van der Waals surface area contributed by atoms with Crippen LogP contribution >= 0.6 is 0 Å². The summed E-state index contributed by atoms with van der Waals surface area (Å²) in [6.45, 7) is 9.62. The summed E-state index contributed by atoms with van der Waals surface area (Å²) >= 11 is 0. The molecular formula is C22H29N3O2. The van der Waals surface area contributed by atoms with E-state index in [1.165, 1.54) is 16.7 Å². The Hall–Kier alpha value is -1.95. The van der Waals surface area contributed by atoms with Crippen molar-refractivity contribution in [3.63, 3.8) is 0 Å². The Labute approximate surface area is 161 Å². The van der Waals surface area contributed by atoms with Crippen LogP contribution in [0.25, 0.3) is 0 Å². The van der Waals surface area contributed by atoms with Crippen LogP contribution in [0.2, 0.25) is 0 Å². The highest BCUT2D eigenvalue weighted by Crippen LogP contribution is 2.34. The number of hydrogen-bond acceptors (Lipinski definition) is 5. The third kappa shape index (κ3) is 4.49. The lowest BCUT2D eigenvalue weighted by atomic mass is 10.0. The number of aryl methyl sites for hydroxylation is 1. The van der Waals surface area contributed by atoms with E-state index in [0.29, 0.717) is 13.2 Å². The molecule has 2 aromatic rings. The van der Waals surface area contributed by atoms with Gasteiger partial charge in [0.15, 0.2) is 0 Å². The molecule has 1 N–H and O–H groups in total. The maximum atomic E-state index is 6.19. The van der Waals surface area contributed by atoms with Crippen molar-refractivity contribution < 1.29 is 9.47 Å². The van der Waals surface area contributed by atoms with E-state index in [0.717, 1.165) is 69.3 Å². The standard InChI is InChI=1S/C22H29N3O2/c1-17-22(27-13-5-10-25-11-8-23-9-12-25)20-16-26-15-19(20)21(24-17)14-18-6-3-2-4-7-18/h2-4,6-7,23H,5,8-16H2,1H3. The van der Waals surface area contributed by atoms with Crippen molar-refractivity contribution in [3.8, 4) is 5.75 Å². The Bertz CT molecular complexity index is 758. The van der Waals surface area contributed by atoms with Crippen molar-refractivity contribution in [3.05, 3.63) is 58.4 Å². The van der Waals surface area contributed by atoms with E-state index >= 15 is 0 Å². The van der Waals surface area contributed by atoms with Gasteiger partial charge in [-0.1, -0.05) is 30.3 Å². The van der Waals surface area contributed by atoms with Gasteiger partial charge in [-0.15, -0.1) is 0 Å². The zero-order chi connectivity index (χ0) is 18.5. The Morgan fingerprint density at radius 1 is 1.11 bits per heavy atom. The highest BCUT2D eigenvalue weighted by molar-refractivity contribution is 5.47. The average Bonchev–Trinajstić information content (AvgIpc) is 3.19. The summed E-state index contributed by atoms with van der Waals surface area (Å²) in [4.78, 5) is 7.39. The predicted molar refractivity (Wildman–Crippen MR) is 106 cm³/mol. The molecule has 0 saturated carbocycles. The number of nitrogens with zero attached hydrogens (tertiary/aromatic N) is 2. The Balaban J connectivity index is 1.42. The van der Waals surface area contributed by atoms with E-state index in [4.69, 9.17) is 14.5 Å². The number of aromatic nitrogens is 1. The van der Waals surface area contributed by atoms with Crippen LogP contribution in [0.3, 0.4) is 0 Å². The lowest BCUT2D eigenvalue weighted by Crippen LogP contribution is -2.44. The maximum absolute atomic E-state index is 6.19. The summed E-state index contributed by atoms with van der Waals surface area (Å²) in [5.41, 5.74) is 5.81. The fraction of sp³-hybridized carbons (Fsp3) is 0.500. The molecule has 0 bridgehead atoms. The van der Waals surface area contributed by atoms with Gasteiger partial charge in [0.25, 0.3) is 0 Å².